The molecule has 0 atom stereocenters. The van der Waals surface area contributed by atoms with Gasteiger partial charge in [0.15, 0.2) is 0 Å². The summed E-state index contributed by atoms with van der Waals surface area (Å²) in [7, 11) is 0. The first-order chi connectivity index (χ1) is 8.20. The second-order valence-corrected chi connectivity index (χ2v) is 5.56. The number of nitrogens with zero attached hydrogens (tertiary/aromatic N) is 1. The number of aryl methyl sites for hydroxylation is 1. The van der Waals surface area contributed by atoms with Gasteiger partial charge in [0.2, 0.25) is 6.08 Å². The van der Waals surface area contributed by atoms with Crippen LogP contribution in [0.2, 0.25) is 0 Å². The van der Waals surface area contributed by atoms with Crippen molar-refractivity contribution < 1.29 is 4.79 Å². The summed E-state index contributed by atoms with van der Waals surface area (Å²) < 4.78 is 1.07. The van der Waals surface area contributed by atoms with E-state index in [1.807, 2.05) is 0 Å². The molecule has 1 aliphatic carbocycles. The Hall–Kier alpha value is -0.920. The first kappa shape index (κ1) is 12.5. The van der Waals surface area contributed by atoms with Gasteiger partial charge in [0.25, 0.3) is 0 Å². The zero-order chi connectivity index (χ0) is 12.3. The maximum atomic E-state index is 10.7. The Kier molecular flexibility index (Phi) is 3.80. The van der Waals surface area contributed by atoms with E-state index in [0.717, 1.165) is 42.1 Å². The summed E-state index contributed by atoms with van der Waals surface area (Å²) in [5, 5.41) is 0. The Labute approximate surface area is 110 Å². The lowest BCUT2D eigenvalue weighted by atomic mass is 9.88. The summed E-state index contributed by atoms with van der Waals surface area (Å²) in [5.74, 6) is 0. The molecule has 1 saturated carbocycles. The third-order valence-electron chi connectivity index (χ3n) is 3.59. The van der Waals surface area contributed by atoms with Crippen molar-refractivity contribution in [1.82, 2.24) is 0 Å². The lowest BCUT2D eigenvalue weighted by Crippen LogP contribution is -2.19. The third-order valence-corrected chi connectivity index (χ3v) is 4.05. The zero-order valence-electron chi connectivity index (χ0n) is 10.0. The van der Waals surface area contributed by atoms with Crippen molar-refractivity contribution in [3.8, 4) is 0 Å². The molecule has 0 unspecified atom stereocenters. The van der Waals surface area contributed by atoms with Crippen LogP contribution in [0.4, 0.5) is 0 Å². The van der Waals surface area contributed by atoms with Gasteiger partial charge in [-0.1, -0.05) is 41.8 Å². The lowest BCUT2D eigenvalue weighted by Gasteiger charge is -2.23. The van der Waals surface area contributed by atoms with Crippen molar-refractivity contribution in [3.05, 3.63) is 33.8 Å². The largest absolute Gasteiger partial charge is 0.235 e. The first-order valence-corrected chi connectivity index (χ1v) is 6.88. The molecule has 0 aliphatic heterocycles. The van der Waals surface area contributed by atoms with Gasteiger partial charge < -0.3 is 0 Å². The third kappa shape index (κ3) is 2.51. The van der Waals surface area contributed by atoms with Crippen molar-refractivity contribution in [3.63, 3.8) is 0 Å². The van der Waals surface area contributed by atoms with Crippen molar-refractivity contribution >= 4 is 22.0 Å². The molecule has 0 spiro atoms. The fourth-order valence-electron chi connectivity index (χ4n) is 2.64. The summed E-state index contributed by atoms with van der Waals surface area (Å²) in [5.41, 5.74) is 2.13. The molecule has 90 valence electrons. The fraction of sp³-hybridized carbons (Fsp3) is 0.500. The summed E-state index contributed by atoms with van der Waals surface area (Å²) in [6.45, 7) is 2.13. The molecule has 1 aliphatic rings. The SMILES string of the molecule is CCc1cc(Br)cc(C2(N=C=O)CCCC2)c1. The minimum Gasteiger partial charge on any atom is -0.211 e. The average Bonchev–Trinajstić information content (AvgIpc) is 2.78. The van der Waals surface area contributed by atoms with Crippen LogP contribution < -0.4 is 0 Å². The van der Waals surface area contributed by atoms with Crippen LogP contribution in [0.25, 0.3) is 0 Å². The molecular formula is C14H16BrNO. The normalized spacial score (nSPS) is 17.8. The Morgan fingerprint density at radius 3 is 2.65 bits per heavy atom. The highest BCUT2D eigenvalue weighted by molar-refractivity contribution is 9.10. The molecule has 0 heterocycles. The Morgan fingerprint density at radius 1 is 1.35 bits per heavy atom. The summed E-state index contributed by atoms with van der Waals surface area (Å²) in [4.78, 5) is 14.8. The predicted octanol–water partition coefficient (Wildman–Crippen LogP) is 4.12. The van der Waals surface area contributed by atoms with Crippen LogP contribution in [0.3, 0.4) is 0 Å². The quantitative estimate of drug-likeness (QED) is 0.609. The summed E-state index contributed by atoms with van der Waals surface area (Å²) in [6.07, 6.45) is 6.96. The van der Waals surface area contributed by atoms with Gasteiger partial charge in [0, 0.05) is 4.47 Å². The molecule has 0 bridgehead atoms. The van der Waals surface area contributed by atoms with E-state index in [4.69, 9.17) is 0 Å². The summed E-state index contributed by atoms with van der Waals surface area (Å²) in [6, 6.07) is 6.39. The van der Waals surface area contributed by atoms with Crippen LogP contribution in [-0.2, 0) is 16.8 Å². The van der Waals surface area contributed by atoms with Crippen LogP contribution in [0.1, 0.15) is 43.7 Å². The predicted molar refractivity (Wildman–Crippen MR) is 71.8 cm³/mol. The molecule has 3 heteroatoms. The van der Waals surface area contributed by atoms with Gasteiger partial charge in [-0.3, -0.25) is 0 Å². The van der Waals surface area contributed by atoms with Gasteiger partial charge in [0.1, 0.15) is 0 Å². The van der Waals surface area contributed by atoms with Gasteiger partial charge in [-0.15, -0.1) is 0 Å². The van der Waals surface area contributed by atoms with Crippen molar-refractivity contribution in [2.24, 2.45) is 4.99 Å². The average molecular weight is 294 g/mol. The monoisotopic (exact) mass is 293 g/mol. The van der Waals surface area contributed by atoms with Crippen molar-refractivity contribution in [2.45, 2.75) is 44.6 Å². The topological polar surface area (TPSA) is 29.4 Å². The summed E-state index contributed by atoms with van der Waals surface area (Å²) >= 11 is 3.54. The number of isocyanates is 1. The Morgan fingerprint density at radius 2 is 2.06 bits per heavy atom. The molecule has 2 nitrogen and oxygen atoms in total. The van der Waals surface area contributed by atoms with Gasteiger partial charge in [-0.2, -0.15) is 4.99 Å². The van der Waals surface area contributed by atoms with E-state index in [-0.39, 0.29) is 5.54 Å². The second kappa shape index (κ2) is 5.16. The number of rotatable bonds is 3. The van der Waals surface area contributed by atoms with Crippen molar-refractivity contribution in [1.29, 1.82) is 0 Å². The number of carbonyl (C=O) groups excluding carboxylic acids is 1. The lowest BCUT2D eigenvalue weighted by molar-refractivity contribution is 0.455. The Bertz CT molecular complexity index is 457. The molecule has 0 radical (unpaired) electrons. The molecule has 1 aromatic rings. The van der Waals surface area contributed by atoms with Crippen LogP contribution >= 0.6 is 15.9 Å². The number of halogens is 1. The van der Waals surface area contributed by atoms with E-state index in [0.29, 0.717) is 0 Å². The molecule has 0 N–H and O–H groups in total. The molecule has 0 saturated heterocycles. The van der Waals surface area contributed by atoms with Crippen LogP contribution in [0, 0.1) is 0 Å². The maximum absolute atomic E-state index is 10.7. The van der Waals surface area contributed by atoms with E-state index < -0.39 is 0 Å². The van der Waals surface area contributed by atoms with E-state index in [1.54, 1.807) is 6.08 Å². The highest BCUT2D eigenvalue weighted by atomic mass is 79.9. The molecule has 0 amide bonds. The standard InChI is InChI=1S/C14H16BrNO/c1-2-11-7-12(9-13(15)8-11)14(16-10-17)5-3-4-6-14/h7-9H,2-6H2,1H3. The number of hydrogen-bond acceptors (Lipinski definition) is 2. The van der Waals surface area contributed by atoms with Crippen LogP contribution in [-0.4, -0.2) is 6.08 Å². The second-order valence-electron chi connectivity index (χ2n) is 4.64. The first-order valence-electron chi connectivity index (χ1n) is 6.09. The van der Waals surface area contributed by atoms with Crippen LogP contribution in [0.5, 0.6) is 0 Å². The van der Waals surface area contributed by atoms with E-state index >= 15 is 0 Å². The number of benzene rings is 1. The minimum atomic E-state index is -0.310. The molecule has 17 heavy (non-hydrogen) atoms. The van der Waals surface area contributed by atoms with E-state index in [1.165, 1.54) is 5.56 Å². The van der Waals surface area contributed by atoms with Gasteiger partial charge in [-0.05, 0) is 42.5 Å². The maximum Gasteiger partial charge on any atom is 0.235 e. The highest BCUT2D eigenvalue weighted by Gasteiger charge is 2.35. The van der Waals surface area contributed by atoms with Gasteiger partial charge >= 0.3 is 0 Å². The minimum absolute atomic E-state index is 0.310. The van der Waals surface area contributed by atoms with E-state index in [2.05, 4.69) is 46.0 Å². The smallest absolute Gasteiger partial charge is 0.211 e. The van der Waals surface area contributed by atoms with E-state index in [9.17, 15) is 4.79 Å². The zero-order valence-corrected chi connectivity index (χ0v) is 11.6. The molecular weight excluding hydrogens is 278 g/mol. The fourth-order valence-corrected chi connectivity index (χ4v) is 3.18. The Balaban J connectivity index is 2.49. The molecule has 1 fully saturated rings. The van der Waals surface area contributed by atoms with Crippen LogP contribution in [0.15, 0.2) is 27.7 Å². The van der Waals surface area contributed by atoms with Gasteiger partial charge in [0.05, 0.1) is 5.54 Å². The van der Waals surface area contributed by atoms with Crippen molar-refractivity contribution in [2.75, 3.05) is 0 Å². The molecule has 2 rings (SSSR count). The highest BCUT2D eigenvalue weighted by Crippen LogP contribution is 2.43. The number of aliphatic imine (C=N–C) groups is 1. The van der Waals surface area contributed by atoms with Gasteiger partial charge in [-0.25, -0.2) is 4.79 Å². The molecule has 0 aromatic heterocycles. The molecule has 1 aromatic carbocycles. The number of hydrogen-bond donors (Lipinski definition) is 0.